The predicted octanol–water partition coefficient (Wildman–Crippen LogP) is 3.60. The van der Waals surface area contributed by atoms with E-state index in [-0.39, 0.29) is 9.92 Å². The van der Waals surface area contributed by atoms with Gasteiger partial charge in [0.1, 0.15) is 6.54 Å². The summed E-state index contributed by atoms with van der Waals surface area (Å²) < 4.78 is 27.1. The Balaban J connectivity index is 1.80. The molecule has 0 radical (unpaired) electrons. The number of hydrogen-bond acceptors (Lipinski definition) is 5. The van der Waals surface area contributed by atoms with Gasteiger partial charge >= 0.3 is 0 Å². The molecule has 1 heterocycles. The molecule has 0 aliphatic heterocycles. The van der Waals surface area contributed by atoms with Crippen molar-refractivity contribution >= 4 is 37.4 Å². The van der Waals surface area contributed by atoms with Crippen molar-refractivity contribution in [1.29, 1.82) is 0 Å². The van der Waals surface area contributed by atoms with E-state index in [1.165, 1.54) is 12.1 Å². The van der Waals surface area contributed by atoms with Crippen molar-refractivity contribution in [3.05, 3.63) is 81.1 Å². The summed E-state index contributed by atoms with van der Waals surface area (Å²) in [6.07, 6.45) is 0. The summed E-state index contributed by atoms with van der Waals surface area (Å²) in [5.41, 5.74) is 1.14. The van der Waals surface area contributed by atoms with Gasteiger partial charge in [-0.05, 0) is 53.9 Å². The van der Waals surface area contributed by atoms with Crippen LogP contribution < -0.4 is 10.9 Å². The van der Waals surface area contributed by atoms with Crippen molar-refractivity contribution in [3.8, 4) is 0 Å². The number of sulfone groups is 1. The zero-order valence-electron chi connectivity index (χ0n) is 16.4. The Morgan fingerprint density at radius 2 is 1.67 bits per heavy atom. The smallest absolute Gasteiger partial charge is 0.267 e. The fourth-order valence-electron chi connectivity index (χ4n) is 2.71. The summed E-state index contributed by atoms with van der Waals surface area (Å²) in [6, 6.07) is 15.7. The van der Waals surface area contributed by atoms with Crippen LogP contribution in [0.5, 0.6) is 0 Å². The third-order valence-corrected chi connectivity index (χ3v) is 6.59. The van der Waals surface area contributed by atoms with Gasteiger partial charge in [-0.25, -0.2) is 13.1 Å². The summed E-state index contributed by atoms with van der Waals surface area (Å²) in [7, 11) is -3.93. The molecule has 0 unspecified atom stereocenters. The minimum absolute atomic E-state index is 0.0399. The molecule has 0 fully saturated rings. The first kappa shape index (κ1) is 21.9. The zero-order chi connectivity index (χ0) is 21.9. The number of aromatic nitrogens is 2. The van der Waals surface area contributed by atoms with Crippen molar-refractivity contribution in [2.45, 2.75) is 36.2 Å². The lowest BCUT2D eigenvalue weighted by atomic mass is 10.0. The summed E-state index contributed by atoms with van der Waals surface area (Å²) in [5.74, 6) is -0.118. The Bertz CT molecular complexity index is 1220. The quantitative estimate of drug-likeness (QED) is 0.570. The van der Waals surface area contributed by atoms with Gasteiger partial charge < -0.3 is 5.32 Å². The van der Waals surface area contributed by atoms with Gasteiger partial charge in [0, 0.05) is 16.2 Å². The highest BCUT2D eigenvalue weighted by Gasteiger charge is 2.21. The average Bonchev–Trinajstić information content (AvgIpc) is 2.70. The minimum Gasteiger partial charge on any atom is -0.324 e. The second-order valence-corrected chi connectivity index (χ2v) is 9.76. The molecule has 1 amide bonds. The number of nitrogens with zero attached hydrogens (tertiary/aromatic N) is 2. The first-order chi connectivity index (χ1) is 14.2. The molecule has 0 bridgehead atoms. The van der Waals surface area contributed by atoms with Crippen LogP contribution in [0.1, 0.15) is 25.3 Å². The molecule has 30 heavy (non-hydrogen) atoms. The van der Waals surface area contributed by atoms with Crippen LogP contribution in [0, 0.1) is 0 Å². The van der Waals surface area contributed by atoms with Crippen molar-refractivity contribution < 1.29 is 13.2 Å². The molecule has 3 rings (SSSR count). The Morgan fingerprint density at radius 1 is 1.03 bits per heavy atom. The van der Waals surface area contributed by atoms with E-state index in [1.807, 2.05) is 12.1 Å². The maximum atomic E-state index is 12.8. The van der Waals surface area contributed by atoms with Gasteiger partial charge in [0.2, 0.25) is 15.7 Å². The SMILES string of the molecule is CC(C)c1ccc(NC(=O)Cn2nc(S(=O)(=O)c3ccc(Br)cc3)ccc2=O)cc1. The van der Waals surface area contributed by atoms with Crippen molar-refractivity contribution in [1.82, 2.24) is 9.78 Å². The fraction of sp³-hybridized carbons (Fsp3) is 0.190. The molecule has 2 aromatic carbocycles. The summed E-state index contributed by atoms with van der Waals surface area (Å²) >= 11 is 3.25. The Kier molecular flexibility index (Phi) is 6.52. The number of benzene rings is 2. The molecule has 0 atom stereocenters. The largest absolute Gasteiger partial charge is 0.324 e. The van der Waals surface area contributed by atoms with Gasteiger partial charge in [-0.15, -0.1) is 0 Å². The van der Waals surface area contributed by atoms with Gasteiger partial charge in [-0.1, -0.05) is 41.9 Å². The highest BCUT2D eigenvalue weighted by molar-refractivity contribution is 9.10. The normalized spacial score (nSPS) is 11.5. The summed E-state index contributed by atoms with van der Waals surface area (Å²) in [5, 5.41) is 6.28. The fourth-order valence-corrected chi connectivity index (χ4v) is 4.16. The number of nitrogens with one attached hydrogen (secondary N) is 1. The van der Waals surface area contributed by atoms with Gasteiger partial charge in [0.15, 0.2) is 5.03 Å². The molecule has 0 saturated carbocycles. The lowest BCUT2D eigenvalue weighted by Gasteiger charge is -2.10. The van der Waals surface area contributed by atoms with Gasteiger partial charge in [-0.2, -0.15) is 5.10 Å². The third kappa shape index (κ3) is 5.03. The second kappa shape index (κ2) is 8.93. The highest BCUT2D eigenvalue weighted by atomic mass is 79.9. The van der Waals surface area contributed by atoms with Crippen LogP contribution in [-0.2, 0) is 21.2 Å². The summed E-state index contributed by atoms with van der Waals surface area (Å²) in [6.45, 7) is 3.73. The maximum absolute atomic E-state index is 12.8. The van der Waals surface area contributed by atoms with Gasteiger partial charge in [-0.3, -0.25) is 9.59 Å². The molecule has 7 nitrogen and oxygen atoms in total. The average molecular weight is 490 g/mol. The van der Waals surface area contributed by atoms with E-state index >= 15 is 0 Å². The number of hydrogen-bond donors (Lipinski definition) is 1. The lowest BCUT2D eigenvalue weighted by Crippen LogP contribution is -2.30. The molecular weight excluding hydrogens is 470 g/mol. The monoisotopic (exact) mass is 489 g/mol. The van der Waals surface area contributed by atoms with Crippen molar-refractivity contribution in [3.63, 3.8) is 0 Å². The molecule has 0 saturated heterocycles. The first-order valence-electron chi connectivity index (χ1n) is 9.15. The van der Waals surface area contributed by atoms with Crippen LogP contribution in [0.25, 0.3) is 0 Å². The van der Waals surface area contributed by atoms with Gasteiger partial charge in [0.25, 0.3) is 5.56 Å². The molecular formula is C21H20BrN3O4S. The molecule has 3 aromatic rings. The molecule has 1 aromatic heterocycles. The van der Waals surface area contributed by atoms with Crippen LogP contribution >= 0.6 is 15.9 Å². The van der Waals surface area contributed by atoms with E-state index in [1.54, 1.807) is 24.3 Å². The van der Waals surface area contributed by atoms with Gasteiger partial charge in [0.05, 0.1) is 4.90 Å². The lowest BCUT2D eigenvalue weighted by molar-refractivity contribution is -0.117. The molecule has 156 valence electrons. The van der Waals surface area contributed by atoms with E-state index in [0.29, 0.717) is 11.6 Å². The first-order valence-corrected chi connectivity index (χ1v) is 11.4. The number of anilines is 1. The van der Waals surface area contributed by atoms with Crippen molar-refractivity contribution in [2.75, 3.05) is 5.32 Å². The van der Waals surface area contributed by atoms with E-state index < -0.39 is 27.8 Å². The van der Waals surface area contributed by atoms with E-state index in [9.17, 15) is 18.0 Å². The second-order valence-electron chi connectivity index (χ2n) is 6.95. The van der Waals surface area contributed by atoms with Crippen LogP contribution in [0.15, 0.2) is 79.9 Å². The number of carbonyl (C=O) groups is 1. The Hall–Kier alpha value is -2.78. The van der Waals surface area contributed by atoms with Crippen LogP contribution in [0.2, 0.25) is 0 Å². The Labute approximate surface area is 182 Å². The van der Waals surface area contributed by atoms with Crippen LogP contribution in [0.3, 0.4) is 0 Å². The van der Waals surface area contributed by atoms with E-state index in [2.05, 4.69) is 40.2 Å². The topological polar surface area (TPSA) is 98.1 Å². The number of amides is 1. The molecule has 0 aliphatic rings. The molecule has 9 heteroatoms. The highest BCUT2D eigenvalue weighted by Crippen LogP contribution is 2.20. The minimum atomic E-state index is -3.93. The number of carbonyl (C=O) groups excluding carboxylic acids is 1. The molecule has 0 aliphatic carbocycles. The maximum Gasteiger partial charge on any atom is 0.267 e. The summed E-state index contributed by atoms with van der Waals surface area (Å²) in [4.78, 5) is 24.5. The van der Waals surface area contributed by atoms with E-state index in [0.717, 1.165) is 26.9 Å². The molecule has 1 N–H and O–H groups in total. The van der Waals surface area contributed by atoms with E-state index in [4.69, 9.17) is 0 Å². The predicted molar refractivity (Wildman–Crippen MR) is 117 cm³/mol. The standard InChI is InChI=1S/C21H20BrN3O4S/c1-14(2)15-3-7-17(8-4-15)23-19(26)13-25-21(27)12-11-20(24-25)30(28,29)18-9-5-16(22)6-10-18/h3-12,14H,13H2,1-2H3,(H,23,26). The number of rotatable bonds is 6. The van der Waals surface area contributed by atoms with Crippen molar-refractivity contribution in [2.24, 2.45) is 0 Å². The van der Waals surface area contributed by atoms with Crippen LogP contribution in [-0.4, -0.2) is 24.1 Å². The van der Waals surface area contributed by atoms with Crippen LogP contribution in [0.4, 0.5) is 5.69 Å². The Morgan fingerprint density at radius 3 is 2.27 bits per heavy atom. The number of halogens is 1. The third-order valence-electron chi connectivity index (χ3n) is 4.40. The zero-order valence-corrected chi connectivity index (χ0v) is 18.8. The molecule has 0 spiro atoms.